The van der Waals surface area contributed by atoms with Gasteiger partial charge in [0.2, 0.25) is 16.9 Å². The summed E-state index contributed by atoms with van der Waals surface area (Å²) in [6, 6.07) is 7.28. The van der Waals surface area contributed by atoms with Crippen molar-refractivity contribution in [3.8, 4) is 22.6 Å². The molecule has 0 saturated heterocycles. The quantitative estimate of drug-likeness (QED) is 0.628. The maximum Gasteiger partial charge on any atom is 0.450 e. The Hall–Kier alpha value is -2.67. The Morgan fingerprint density at radius 1 is 1.00 bits per heavy atom. The van der Waals surface area contributed by atoms with Gasteiger partial charge in [-0.3, -0.25) is 4.79 Å². The van der Waals surface area contributed by atoms with E-state index in [-0.39, 0.29) is 10.9 Å². The molecule has 0 aliphatic rings. The Morgan fingerprint density at radius 2 is 1.62 bits per heavy atom. The highest BCUT2D eigenvalue weighted by Gasteiger charge is 2.39. The third kappa shape index (κ3) is 2.56. The van der Waals surface area contributed by atoms with E-state index in [9.17, 15) is 28.2 Å². The fraction of sp³-hybridized carbons (Fsp3) is 0.0625. The first-order valence-corrected chi connectivity index (χ1v) is 6.93. The van der Waals surface area contributed by atoms with Crippen molar-refractivity contribution in [1.29, 1.82) is 0 Å². The highest BCUT2D eigenvalue weighted by Crippen LogP contribution is 2.40. The van der Waals surface area contributed by atoms with Gasteiger partial charge in [-0.2, -0.15) is 13.2 Å². The lowest BCUT2D eigenvalue weighted by atomic mass is 10.0. The average molecular weight is 357 g/mol. The third-order valence-electron chi connectivity index (χ3n) is 3.40. The van der Waals surface area contributed by atoms with Crippen molar-refractivity contribution in [2.45, 2.75) is 6.18 Å². The molecule has 0 spiro atoms. The molecule has 0 atom stereocenters. The molecular formula is C16H8ClF3O4. The van der Waals surface area contributed by atoms with Crippen LogP contribution in [0.4, 0.5) is 13.2 Å². The molecule has 24 heavy (non-hydrogen) atoms. The third-order valence-corrected chi connectivity index (χ3v) is 3.66. The second-order valence-corrected chi connectivity index (χ2v) is 5.39. The van der Waals surface area contributed by atoms with Crippen LogP contribution in [0.2, 0.25) is 5.02 Å². The van der Waals surface area contributed by atoms with Crippen molar-refractivity contribution in [2.75, 3.05) is 0 Å². The van der Waals surface area contributed by atoms with E-state index in [1.54, 1.807) is 0 Å². The van der Waals surface area contributed by atoms with E-state index in [1.807, 2.05) is 0 Å². The summed E-state index contributed by atoms with van der Waals surface area (Å²) < 4.78 is 44.8. The van der Waals surface area contributed by atoms with E-state index < -0.39 is 40.0 Å². The maximum absolute atomic E-state index is 13.4. The van der Waals surface area contributed by atoms with Gasteiger partial charge in [-0.05, 0) is 29.8 Å². The Balaban J connectivity index is 2.48. The number of phenolic OH excluding ortho intramolecular Hbond substituents is 2. The minimum absolute atomic E-state index is 0.0325. The average Bonchev–Trinajstić information content (AvgIpc) is 2.51. The van der Waals surface area contributed by atoms with Crippen LogP contribution in [-0.2, 0) is 6.18 Å². The second kappa shape index (κ2) is 5.45. The zero-order valence-corrected chi connectivity index (χ0v) is 12.4. The summed E-state index contributed by atoms with van der Waals surface area (Å²) in [5.74, 6) is -3.20. The van der Waals surface area contributed by atoms with Crippen LogP contribution in [0.5, 0.6) is 11.5 Å². The molecule has 0 saturated carbocycles. The van der Waals surface area contributed by atoms with Crippen LogP contribution in [0.25, 0.3) is 22.1 Å². The Morgan fingerprint density at radius 3 is 2.21 bits per heavy atom. The molecule has 1 heterocycles. The molecule has 0 amide bonds. The number of aromatic hydroxyl groups is 2. The zero-order valence-electron chi connectivity index (χ0n) is 11.7. The van der Waals surface area contributed by atoms with E-state index in [0.717, 1.165) is 12.1 Å². The second-order valence-electron chi connectivity index (χ2n) is 4.95. The standard InChI is InChI=1S/C16H8ClF3O4/c17-8-3-1-7(2-4-8)11-12(22)9-5-6-10(21)13(23)14(9)24-15(11)16(18,19)20/h1-6,21,23H. The van der Waals surface area contributed by atoms with Crippen LogP contribution in [0, 0.1) is 0 Å². The summed E-state index contributed by atoms with van der Waals surface area (Å²) in [6.45, 7) is 0. The molecule has 0 unspecified atom stereocenters. The van der Waals surface area contributed by atoms with Gasteiger partial charge in [-0.25, -0.2) is 0 Å². The van der Waals surface area contributed by atoms with Gasteiger partial charge in [0.1, 0.15) is 0 Å². The summed E-state index contributed by atoms with van der Waals surface area (Å²) in [7, 11) is 0. The van der Waals surface area contributed by atoms with Crippen molar-refractivity contribution in [2.24, 2.45) is 0 Å². The zero-order chi connectivity index (χ0) is 17.6. The Kier molecular flexibility index (Phi) is 3.68. The smallest absolute Gasteiger partial charge is 0.450 e. The van der Waals surface area contributed by atoms with E-state index >= 15 is 0 Å². The largest absolute Gasteiger partial charge is 0.504 e. The lowest BCUT2D eigenvalue weighted by molar-refractivity contribution is -0.152. The van der Waals surface area contributed by atoms with E-state index in [1.165, 1.54) is 24.3 Å². The molecule has 0 bridgehead atoms. The van der Waals surface area contributed by atoms with Crippen LogP contribution in [0.1, 0.15) is 5.76 Å². The number of fused-ring (bicyclic) bond motifs is 1. The molecule has 8 heteroatoms. The summed E-state index contributed by atoms with van der Waals surface area (Å²) in [6.07, 6.45) is -4.99. The highest BCUT2D eigenvalue weighted by atomic mass is 35.5. The first kappa shape index (κ1) is 16.2. The molecule has 0 fully saturated rings. The van der Waals surface area contributed by atoms with Crippen LogP contribution in [0.15, 0.2) is 45.6 Å². The summed E-state index contributed by atoms with van der Waals surface area (Å²) in [5, 5.41) is 19.1. The topological polar surface area (TPSA) is 70.7 Å². The molecule has 3 rings (SSSR count). The van der Waals surface area contributed by atoms with Gasteiger partial charge in [-0.1, -0.05) is 23.7 Å². The highest BCUT2D eigenvalue weighted by molar-refractivity contribution is 6.30. The molecule has 124 valence electrons. The van der Waals surface area contributed by atoms with Gasteiger partial charge < -0.3 is 14.6 Å². The molecule has 2 aromatic carbocycles. The van der Waals surface area contributed by atoms with Crippen molar-refractivity contribution in [3.05, 3.63) is 57.4 Å². The minimum Gasteiger partial charge on any atom is -0.504 e. The van der Waals surface area contributed by atoms with Gasteiger partial charge in [-0.15, -0.1) is 0 Å². The van der Waals surface area contributed by atoms with E-state index in [0.29, 0.717) is 5.02 Å². The van der Waals surface area contributed by atoms with Gasteiger partial charge >= 0.3 is 6.18 Å². The van der Waals surface area contributed by atoms with Gasteiger partial charge in [0.15, 0.2) is 11.3 Å². The van der Waals surface area contributed by atoms with Crippen LogP contribution in [0.3, 0.4) is 0 Å². The minimum atomic E-state index is -4.99. The molecule has 0 aliphatic carbocycles. The number of rotatable bonds is 1. The normalized spacial score (nSPS) is 11.8. The molecule has 2 N–H and O–H groups in total. The molecular weight excluding hydrogens is 349 g/mol. The number of benzene rings is 2. The predicted octanol–water partition coefficient (Wildman–Crippen LogP) is 4.54. The number of halogens is 4. The fourth-order valence-electron chi connectivity index (χ4n) is 2.31. The monoisotopic (exact) mass is 356 g/mol. The molecule has 1 aromatic heterocycles. The van der Waals surface area contributed by atoms with Gasteiger partial charge in [0.25, 0.3) is 0 Å². The molecule has 0 radical (unpaired) electrons. The molecule has 3 aromatic rings. The van der Waals surface area contributed by atoms with Gasteiger partial charge in [0, 0.05) is 5.02 Å². The van der Waals surface area contributed by atoms with Crippen LogP contribution < -0.4 is 5.43 Å². The first-order chi connectivity index (χ1) is 11.2. The van der Waals surface area contributed by atoms with E-state index in [2.05, 4.69) is 0 Å². The van der Waals surface area contributed by atoms with E-state index in [4.69, 9.17) is 16.0 Å². The number of hydrogen-bond donors (Lipinski definition) is 2. The summed E-state index contributed by atoms with van der Waals surface area (Å²) in [5.41, 5.74) is -2.45. The van der Waals surface area contributed by atoms with Crippen molar-refractivity contribution in [3.63, 3.8) is 0 Å². The maximum atomic E-state index is 13.4. The Labute approximate surface area is 137 Å². The lowest BCUT2D eigenvalue weighted by Gasteiger charge is -2.13. The lowest BCUT2D eigenvalue weighted by Crippen LogP contribution is -2.16. The molecule has 4 nitrogen and oxygen atoms in total. The number of phenols is 2. The van der Waals surface area contributed by atoms with Crippen LogP contribution in [-0.4, -0.2) is 10.2 Å². The molecule has 0 aliphatic heterocycles. The van der Waals surface area contributed by atoms with Crippen molar-refractivity contribution < 1.29 is 27.8 Å². The van der Waals surface area contributed by atoms with Gasteiger partial charge in [0.05, 0.1) is 10.9 Å². The van der Waals surface area contributed by atoms with Crippen LogP contribution >= 0.6 is 11.6 Å². The van der Waals surface area contributed by atoms with Crippen molar-refractivity contribution >= 4 is 22.6 Å². The fourth-order valence-corrected chi connectivity index (χ4v) is 2.44. The number of hydrogen-bond acceptors (Lipinski definition) is 4. The predicted molar refractivity (Wildman–Crippen MR) is 81.3 cm³/mol. The van der Waals surface area contributed by atoms with Crippen molar-refractivity contribution in [1.82, 2.24) is 0 Å². The summed E-state index contributed by atoms with van der Waals surface area (Å²) >= 11 is 5.72. The first-order valence-electron chi connectivity index (χ1n) is 6.55. The summed E-state index contributed by atoms with van der Waals surface area (Å²) in [4.78, 5) is 12.6. The Bertz CT molecular complexity index is 991. The number of alkyl halides is 3. The SMILES string of the molecule is O=c1c(-c2ccc(Cl)cc2)c(C(F)(F)F)oc2c(O)c(O)ccc12.